The van der Waals surface area contributed by atoms with Crippen LogP contribution < -0.4 is 5.32 Å². The highest BCUT2D eigenvalue weighted by molar-refractivity contribution is 4.99. The minimum atomic E-state index is 0.236. The third kappa shape index (κ3) is 3.16. The van der Waals surface area contributed by atoms with Crippen molar-refractivity contribution in [3.05, 3.63) is 18.0 Å². The van der Waals surface area contributed by atoms with E-state index in [4.69, 9.17) is 5.11 Å². The standard InChI is InChI=1S/C9H17N3O/c1-8(4-6-13)10-7-9-3-5-11-12(9)2/h3,5,8,10,13H,4,6-7H2,1-2H3/t8-/m1/s1. The fourth-order valence-electron chi connectivity index (χ4n) is 1.15. The van der Waals surface area contributed by atoms with Crippen LogP contribution in [0, 0.1) is 0 Å². The minimum absolute atomic E-state index is 0.236. The average Bonchev–Trinajstić information content (AvgIpc) is 2.48. The minimum Gasteiger partial charge on any atom is -0.396 e. The summed E-state index contributed by atoms with van der Waals surface area (Å²) in [4.78, 5) is 0. The molecule has 13 heavy (non-hydrogen) atoms. The lowest BCUT2D eigenvalue weighted by atomic mass is 10.2. The summed E-state index contributed by atoms with van der Waals surface area (Å²) in [5.74, 6) is 0. The molecular weight excluding hydrogens is 166 g/mol. The molecule has 0 amide bonds. The van der Waals surface area contributed by atoms with Crippen molar-refractivity contribution < 1.29 is 5.11 Å². The highest BCUT2D eigenvalue weighted by Crippen LogP contribution is 1.97. The zero-order valence-electron chi connectivity index (χ0n) is 8.20. The first-order valence-electron chi connectivity index (χ1n) is 4.55. The maximum absolute atomic E-state index is 8.69. The van der Waals surface area contributed by atoms with E-state index < -0.39 is 0 Å². The van der Waals surface area contributed by atoms with Crippen LogP contribution in [-0.2, 0) is 13.6 Å². The first-order chi connectivity index (χ1) is 6.24. The van der Waals surface area contributed by atoms with Gasteiger partial charge in [0.05, 0.1) is 5.69 Å². The third-order valence-electron chi connectivity index (χ3n) is 2.12. The topological polar surface area (TPSA) is 50.1 Å². The Balaban J connectivity index is 2.30. The quantitative estimate of drug-likeness (QED) is 0.689. The number of hydrogen-bond donors (Lipinski definition) is 2. The maximum atomic E-state index is 8.69. The van der Waals surface area contributed by atoms with E-state index in [1.807, 2.05) is 17.8 Å². The average molecular weight is 183 g/mol. The van der Waals surface area contributed by atoms with Crippen molar-refractivity contribution in [3.63, 3.8) is 0 Å². The van der Waals surface area contributed by atoms with E-state index in [0.29, 0.717) is 6.04 Å². The molecule has 0 bridgehead atoms. The van der Waals surface area contributed by atoms with Gasteiger partial charge in [-0.2, -0.15) is 5.10 Å². The van der Waals surface area contributed by atoms with Crippen molar-refractivity contribution in [1.29, 1.82) is 0 Å². The molecule has 1 aromatic rings. The lowest BCUT2D eigenvalue weighted by Crippen LogP contribution is -2.27. The summed E-state index contributed by atoms with van der Waals surface area (Å²) >= 11 is 0. The highest BCUT2D eigenvalue weighted by atomic mass is 16.3. The molecule has 74 valence electrons. The number of aliphatic hydroxyl groups is 1. The molecule has 4 heteroatoms. The zero-order chi connectivity index (χ0) is 9.68. The van der Waals surface area contributed by atoms with Gasteiger partial charge in [0.25, 0.3) is 0 Å². The van der Waals surface area contributed by atoms with E-state index in [-0.39, 0.29) is 6.61 Å². The molecule has 0 saturated heterocycles. The van der Waals surface area contributed by atoms with Crippen LogP contribution in [0.5, 0.6) is 0 Å². The van der Waals surface area contributed by atoms with E-state index in [1.165, 1.54) is 0 Å². The fourth-order valence-corrected chi connectivity index (χ4v) is 1.15. The van der Waals surface area contributed by atoms with Gasteiger partial charge in [0.15, 0.2) is 0 Å². The highest BCUT2D eigenvalue weighted by Gasteiger charge is 2.02. The number of nitrogens with one attached hydrogen (secondary N) is 1. The summed E-state index contributed by atoms with van der Waals surface area (Å²) in [7, 11) is 1.92. The Morgan fingerprint density at radius 2 is 2.46 bits per heavy atom. The van der Waals surface area contributed by atoms with Crippen molar-refractivity contribution in [3.8, 4) is 0 Å². The predicted molar refractivity (Wildman–Crippen MR) is 51.2 cm³/mol. The van der Waals surface area contributed by atoms with Crippen LogP contribution in [0.3, 0.4) is 0 Å². The molecule has 1 aromatic heterocycles. The molecule has 0 aliphatic heterocycles. The SMILES string of the molecule is C[C@H](CCO)NCc1ccnn1C. The van der Waals surface area contributed by atoms with Crippen LogP contribution in [0.2, 0.25) is 0 Å². The lowest BCUT2D eigenvalue weighted by Gasteiger charge is -2.11. The molecule has 0 unspecified atom stereocenters. The fraction of sp³-hybridized carbons (Fsp3) is 0.667. The molecule has 4 nitrogen and oxygen atoms in total. The maximum Gasteiger partial charge on any atom is 0.0518 e. The molecule has 0 radical (unpaired) electrons. The van der Waals surface area contributed by atoms with Gasteiger partial charge in [-0.05, 0) is 19.4 Å². The number of hydrogen-bond acceptors (Lipinski definition) is 3. The first kappa shape index (κ1) is 10.2. The summed E-state index contributed by atoms with van der Waals surface area (Å²) in [6.45, 7) is 3.10. The van der Waals surface area contributed by atoms with E-state index >= 15 is 0 Å². The van der Waals surface area contributed by atoms with Crippen LogP contribution in [0.15, 0.2) is 12.3 Å². The second-order valence-corrected chi connectivity index (χ2v) is 3.24. The number of rotatable bonds is 5. The van der Waals surface area contributed by atoms with Crippen molar-refractivity contribution in [2.75, 3.05) is 6.61 Å². The Hall–Kier alpha value is -0.870. The Labute approximate surface area is 78.6 Å². The smallest absolute Gasteiger partial charge is 0.0518 e. The van der Waals surface area contributed by atoms with Gasteiger partial charge in [0.2, 0.25) is 0 Å². The van der Waals surface area contributed by atoms with E-state index in [0.717, 1.165) is 18.7 Å². The Morgan fingerprint density at radius 1 is 1.69 bits per heavy atom. The second-order valence-electron chi connectivity index (χ2n) is 3.24. The van der Waals surface area contributed by atoms with E-state index in [9.17, 15) is 0 Å². The molecule has 0 aromatic carbocycles. The van der Waals surface area contributed by atoms with Gasteiger partial charge in [-0.15, -0.1) is 0 Å². The summed E-state index contributed by atoms with van der Waals surface area (Å²) < 4.78 is 1.85. The summed E-state index contributed by atoms with van der Waals surface area (Å²) in [6.07, 6.45) is 2.57. The molecule has 0 fully saturated rings. The predicted octanol–water partition coefficient (Wildman–Crippen LogP) is 0.281. The Morgan fingerprint density at radius 3 is 3.00 bits per heavy atom. The van der Waals surface area contributed by atoms with Crippen LogP contribution in [0.25, 0.3) is 0 Å². The monoisotopic (exact) mass is 183 g/mol. The normalized spacial score (nSPS) is 13.2. The zero-order valence-corrected chi connectivity index (χ0v) is 8.20. The van der Waals surface area contributed by atoms with Gasteiger partial charge in [0.1, 0.15) is 0 Å². The van der Waals surface area contributed by atoms with Gasteiger partial charge in [0, 0.05) is 32.4 Å². The van der Waals surface area contributed by atoms with Gasteiger partial charge in [-0.25, -0.2) is 0 Å². The first-order valence-corrected chi connectivity index (χ1v) is 4.55. The third-order valence-corrected chi connectivity index (χ3v) is 2.12. The number of nitrogens with zero attached hydrogens (tertiary/aromatic N) is 2. The van der Waals surface area contributed by atoms with Crippen LogP contribution in [0.1, 0.15) is 19.0 Å². The Kier molecular flexibility index (Phi) is 3.92. The molecule has 0 spiro atoms. The van der Waals surface area contributed by atoms with Crippen molar-refractivity contribution in [1.82, 2.24) is 15.1 Å². The molecule has 1 atom stereocenters. The largest absolute Gasteiger partial charge is 0.396 e. The lowest BCUT2D eigenvalue weighted by molar-refractivity contribution is 0.268. The molecule has 2 N–H and O–H groups in total. The summed E-state index contributed by atoms with van der Waals surface area (Å²) in [5.41, 5.74) is 1.16. The number of aromatic nitrogens is 2. The van der Waals surface area contributed by atoms with E-state index in [1.54, 1.807) is 6.20 Å². The second kappa shape index (κ2) is 4.99. The van der Waals surface area contributed by atoms with Crippen molar-refractivity contribution in [2.24, 2.45) is 7.05 Å². The molecular formula is C9H17N3O. The molecule has 0 aliphatic carbocycles. The van der Waals surface area contributed by atoms with Crippen molar-refractivity contribution in [2.45, 2.75) is 25.9 Å². The van der Waals surface area contributed by atoms with Gasteiger partial charge >= 0.3 is 0 Å². The molecule has 1 rings (SSSR count). The molecule has 0 aliphatic rings. The summed E-state index contributed by atoms with van der Waals surface area (Å²) in [6, 6.07) is 2.33. The molecule has 0 saturated carbocycles. The van der Waals surface area contributed by atoms with Crippen LogP contribution in [0.4, 0.5) is 0 Å². The van der Waals surface area contributed by atoms with Gasteiger partial charge < -0.3 is 10.4 Å². The van der Waals surface area contributed by atoms with E-state index in [2.05, 4.69) is 17.3 Å². The van der Waals surface area contributed by atoms with Gasteiger partial charge in [-0.3, -0.25) is 4.68 Å². The number of aliphatic hydroxyl groups excluding tert-OH is 1. The Bertz CT molecular complexity index is 247. The van der Waals surface area contributed by atoms with Gasteiger partial charge in [-0.1, -0.05) is 0 Å². The summed E-state index contributed by atoms with van der Waals surface area (Å²) in [5, 5.41) is 16.1. The molecule has 1 heterocycles. The number of aryl methyl sites for hydroxylation is 1. The van der Waals surface area contributed by atoms with Crippen molar-refractivity contribution >= 4 is 0 Å². The van der Waals surface area contributed by atoms with Crippen LogP contribution >= 0.6 is 0 Å². The van der Waals surface area contributed by atoms with Crippen LogP contribution in [-0.4, -0.2) is 27.5 Å².